The number of rotatable bonds is 1. The van der Waals surface area contributed by atoms with Crippen LogP contribution in [0.25, 0.3) is 0 Å². The van der Waals surface area contributed by atoms with Crippen molar-refractivity contribution in [1.82, 2.24) is 0 Å². The lowest BCUT2D eigenvalue weighted by Crippen LogP contribution is -2.28. The number of benzene rings is 1. The van der Waals surface area contributed by atoms with Crippen LogP contribution < -0.4 is 4.90 Å². The molecule has 0 fully saturated rings. The molecule has 15 heavy (non-hydrogen) atoms. The highest BCUT2D eigenvalue weighted by Gasteiger charge is 2.13. The maximum atomic E-state index is 8.76. The van der Waals surface area contributed by atoms with Crippen molar-refractivity contribution >= 4 is 21.6 Å². The summed E-state index contributed by atoms with van der Waals surface area (Å²) < 4.78 is 1.11. The van der Waals surface area contributed by atoms with E-state index in [2.05, 4.69) is 33.0 Å². The smallest absolute Gasteiger partial charge is 0.0945 e. The molecule has 0 aliphatic carbocycles. The molecule has 1 aliphatic heterocycles. The highest BCUT2D eigenvalue weighted by atomic mass is 79.9. The summed E-state index contributed by atoms with van der Waals surface area (Å²) in [5, 5.41) is 8.76. The van der Waals surface area contributed by atoms with Crippen molar-refractivity contribution in [2.45, 2.75) is 6.42 Å². The molecule has 1 aliphatic rings. The molecule has 2 rings (SSSR count). The van der Waals surface area contributed by atoms with Crippen molar-refractivity contribution in [3.63, 3.8) is 0 Å². The van der Waals surface area contributed by atoms with E-state index in [1.165, 1.54) is 5.69 Å². The minimum Gasteiger partial charge on any atom is -0.366 e. The Morgan fingerprint density at radius 2 is 2.13 bits per heavy atom. The van der Waals surface area contributed by atoms with Crippen LogP contribution in [-0.2, 0) is 0 Å². The predicted molar refractivity (Wildman–Crippen MR) is 64.7 cm³/mol. The van der Waals surface area contributed by atoms with Gasteiger partial charge in [0.2, 0.25) is 0 Å². The van der Waals surface area contributed by atoms with E-state index in [0.29, 0.717) is 0 Å². The Morgan fingerprint density at radius 3 is 2.73 bits per heavy atom. The Bertz CT molecular complexity index is 431. The van der Waals surface area contributed by atoms with Gasteiger partial charge in [-0.05, 0) is 34.5 Å². The first kappa shape index (κ1) is 10.3. The predicted octanol–water partition coefficient (Wildman–Crippen LogP) is 3.11. The van der Waals surface area contributed by atoms with E-state index in [1.807, 2.05) is 24.3 Å². The van der Waals surface area contributed by atoms with Crippen LogP contribution in [0.4, 0.5) is 5.69 Å². The summed E-state index contributed by atoms with van der Waals surface area (Å²) in [5.41, 5.74) is 2.10. The van der Waals surface area contributed by atoms with Crippen LogP contribution in [0.2, 0.25) is 0 Å². The molecule has 0 N–H and O–H groups in total. The number of anilines is 1. The second-order valence-corrected chi connectivity index (χ2v) is 4.34. The SMILES string of the molecule is N#CC1=CCN(c2ccccc2Br)CC1. The van der Waals surface area contributed by atoms with E-state index in [4.69, 9.17) is 5.26 Å². The van der Waals surface area contributed by atoms with Crippen LogP contribution in [0.5, 0.6) is 0 Å². The second kappa shape index (κ2) is 4.50. The number of nitriles is 1. The highest BCUT2D eigenvalue weighted by molar-refractivity contribution is 9.10. The van der Waals surface area contributed by atoms with Crippen molar-refractivity contribution < 1.29 is 0 Å². The van der Waals surface area contributed by atoms with Crippen LogP contribution in [0, 0.1) is 11.3 Å². The van der Waals surface area contributed by atoms with Crippen molar-refractivity contribution in [3.05, 3.63) is 40.4 Å². The van der Waals surface area contributed by atoms with Crippen LogP contribution in [-0.4, -0.2) is 13.1 Å². The molecule has 1 heterocycles. The molecule has 0 unspecified atom stereocenters. The molecule has 0 aromatic heterocycles. The average molecular weight is 263 g/mol. The molecule has 0 amide bonds. The zero-order chi connectivity index (χ0) is 10.7. The van der Waals surface area contributed by atoms with E-state index in [1.54, 1.807) is 0 Å². The normalized spacial score (nSPS) is 15.7. The summed E-state index contributed by atoms with van der Waals surface area (Å²) in [4.78, 5) is 2.27. The van der Waals surface area contributed by atoms with Gasteiger partial charge < -0.3 is 4.90 Å². The Morgan fingerprint density at radius 1 is 1.33 bits per heavy atom. The van der Waals surface area contributed by atoms with Crippen molar-refractivity contribution in [3.8, 4) is 6.07 Å². The molecule has 3 heteroatoms. The zero-order valence-electron chi connectivity index (χ0n) is 8.28. The van der Waals surface area contributed by atoms with Crippen molar-refractivity contribution in [1.29, 1.82) is 5.26 Å². The van der Waals surface area contributed by atoms with E-state index >= 15 is 0 Å². The number of nitrogens with zero attached hydrogens (tertiary/aromatic N) is 2. The molecule has 0 atom stereocenters. The molecule has 0 bridgehead atoms. The minimum absolute atomic E-state index is 0.825. The van der Waals surface area contributed by atoms with Gasteiger partial charge in [-0.25, -0.2) is 0 Å². The average Bonchev–Trinajstić information content (AvgIpc) is 2.30. The third-order valence-corrected chi connectivity index (χ3v) is 3.22. The van der Waals surface area contributed by atoms with Crippen LogP contribution in [0.1, 0.15) is 6.42 Å². The Hall–Kier alpha value is -1.27. The quantitative estimate of drug-likeness (QED) is 0.778. The van der Waals surface area contributed by atoms with Gasteiger partial charge in [-0.3, -0.25) is 0 Å². The maximum absolute atomic E-state index is 8.76. The summed E-state index contributed by atoms with van der Waals surface area (Å²) in [6, 6.07) is 10.4. The molecule has 2 nitrogen and oxygen atoms in total. The fourth-order valence-corrected chi connectivity index (χ4v) is 2.23. The topological polar surface area (TPSA) is 27.0 Å². The first-order valence-corrected chi connectivity index (χ1v) is 5.69. The molecule has 0 saturated heterocycles. The van der Waals surface area contributed by atoms with Crippen LogP contribution in [0.15, 0.2) is 40.4 Å². The number of hydrogen-bond acceptors (Lipinski definition) is 2. The zero-order valence-corrected chi connectivity index (χ0v) is 9.87. The summed E-state index contributed by atoms with van der Waals surface area (Å²) in [7, 11) is 0. The first-order chi connectivity index (χ1) is 7.31. The van der Waals surface area contributed by atoms with Gasteiger partial charge in [-0.2, -0.15) is 5.26 Å². The Balaban J connectivity index is 2.19. The minimum atomic E-state index is 0.825. The van der Waals surface area contributed by atoms with E-state index in [-0.39, 0.29) is 0 Å². The largest absolute Gasteiger partial charge is 0.366 e. The van der Waals surface area contributed by atoms with Gasteiger partial charge in [0, 0.05) is 23.1 Å². The molecule has 1 aromatic carbocycles. The van der Waals surface area contributed by atoms with Gasteiger partial charge >= 0.3 is 0 Å². The standard InChI is InChI=1S/C12H11BrN2/c13-11-3-1-2-4-12(11)15-7-5-10(9-14)6-8-15/h1-5H,6-8H2. The highest BCUT2D eigenvalue weighted by Crippen LogP contribution is 2.27. The monoisotopic (exact) mass is 262 g/mol. The summed E-state index contributed by atoms with van der Waals surface area (Å²) in [5.74, 6) is 0. The molecular formula is C12H11BrN2. The fourth-order valence-electron chi connectivity index (χ4n) is 1.70. The van der Waals surface area contributed by atoms with Gasteiger partial charge in [0.05, 0.1) is 11.8 Å². The Kier molecular flexibility index (Phi) is 3.08. The molecule has 0 radical (unpaired) electrons. The molecule has 0 spiro atoms. The first-order valence-electron chi connectivity index (χ1n) is 4.90. The second-order valence-electron chi connectivity index (χ2n) is 3.49. The van der Waals surface area contributed by atoms with Gasteiger partial charge in [-0.15, -0.1) is 0 Å². The van der Waals surface area contributed by atoms with Crippen molar-refractivity contribution in [2.24, 2.45) is 0 Å². The molecule has 1 aromatic rings. The van der Waals surface area contributed by atoms with Gasteiger partial charge in [0.15, 0.2) is 0 Å². The van der Waals surface area contributed by atoms with Gasteiger partial charge in [-0.1, -0.05) is 18.2 Å². The lowest BCUT2D eigenvalue weighted by Gasteiger charge is -2.27. The lowest BCUT2D eigenvalue weighted by atomic mass is 10.1. The fraction of sp³-hybridized carbons (Fsp3) is 0.250. The van der Waals surface area contributed by atoms with Crippen LogP contribution >= 0.6 is 15.9 Å². The third kappa shape index (κ3) is 2.21. The maximum Gasteiger partial charge on any atom is 0.0945 e. The van der Waals surface area contributed by atoms with E-state index < -0.39 is 0 Å². The van der Waals surface area contributed by atoms with Gasteiger partial charge in [0.25, 0.3) is 0 Å². The molecule has 0 saturated carbocycles. The summed E-state index contributed by atoms with van der Waals surface area (Å²) in [6.45, 7) is 1.74. The van der Waals surface area contributed by atoms with E-state index in [9.17, 15) is 0 Å². The number of hydrogen-bond donors (Lipinski definition) is 0. The summed E-state index contributed by atoms with van der Waals surface area (Å²) >= 11 is 3.54. The summed E-state index contributed by atoms with van der Waals surface area (Å²) in [6.07, 6.45) is 2.85. The molecule has 76 valence electrons. The van der Waals surface area contributed by atoms with Crippen molar-refractivity contribution in [2.75, 3.05) is 18.0 Å². The third-order valence-electron chi connectivity index (χ3n) is 2.55. The van der Waals surface area contributed by atoms with Crippen LogP contribution in [0.3, 0.4) is 0 Å². The Labute approximate surface area is 97.9 Å². The number of para-hydroxylation sites is 1. The van der Waals surface area contributed by atoms with Gasteiger partial charge in [0.1, 0.15) is 0 Å². The molecular weight excluding hydrogens is 252 g/mol. The number of halogens is 1. The lowest BCUT2D eigenvalue weighted by molar-refractivity contribution is 0.801. The van der Waals surface area contributed by atoms with E-state index in [0.717, 1.165) is 29.6 Å².